The summed E-state index contributed by atoms with van der Waals surface area (Å²) in [6.07, 6.45) is 4.29. The fourth-order valence-electron chi connectivity index (χ4n) is 0.944. The Hall–Kier alpha value is -0.790. The largest absolute Gasteiger partial charge is 0.478 e. The third-order valence-corrected chi connectivity index (χ3v) is 1.63. The summed E-state index contributed by atoms with van der Waals surface area (Å²) in [6.45, 7) is 6.16. The number of rotatable bonds is 5. The standard InChI is InChI=1S/C10H18O2/c1-4-5-9(10(11)12)7-6-8(2)3/h7-8H,4-6H2,1-3H3,(H,11,12)/b9-7+. The average molecular weight is 170 g/mol. The molecule has 0 aliphatic heterocycles. The van der Waals surface area contributed by atoms with Crippen LogP contribution in [-0.2, 0) is 4.79 Å². The minimum Gasteiger partial charge on any atom is -0.478 e. The molecular formula is C10H18O2. The molecule has 0 atom stereocenters. The van der Waals surface area contributed by atoms with Crippen molar-refractivity contribution in [1.29, 1.82) is 0 Å². The van der Waals surface area contributed by atoms with Crippen LogP contribution in [0.4, 0.5) is 0 Å². The molecule has 0 radical (unpaired) electrons. The Morgan fingerprint density at radius 1 is 1.50 bits per heavy atom. The molecule has 0 saturated carbocycles. The topological polar surface area (TPSA) is 37.3 Å². The molecule has 0 amide bonds. The van der Waals surface area contributed by atoms with Crippen LogP contribution >= 0.6 is 0 Å². The lowest BCUT2D eigenvalue weighted by Crippen LogP contribution is -2.00. The van der Waals surface area contributed by atoms with E-state index in [1.165, 1.54) is 0 Å². The van der Waals surface area contributed by atoms with Gasteiger partial charge in [0.05, 0.1) is 0 Å². The van der Waals surface area contributed by atoms with Crippen LogP contribution in [0.25, 0.3) is 0 Å². The molecule has 0 aromatic rings. The van der Waals surface area contributed by atoms with E-state index in [9.17, 15) is 4.79 Å². The van der Waals surface area contributed by atoms with E-state index in [1.54, 1.807) is 0 Å². The Bertz CT molecular complexity index is 169. The Balaban J connectivity index is 4.09. The maximum atomic E-state index is 10.6. The van der Waals surface area contributed by atoms with Crippen LogP contribution in [0.5, 0.6) is 0 Å². The minimum absolute atomic E-state index is 0.538. The van der Waals surface area contributed by atoms with Crippen LogP contribution in [0.1, 0.15) is 40.0 Å². The summed E-state index contributed by atoms with van der Waals surface area (Å²) in [7, 11) is 0. The third kappa shape index (κ3) is 4.94. The highest BCUT2D eigenvalue weighted by molar-refractivity contribution is 5.86. The maximum absolute atomic E-state index is 10.6. The van der Waals surface area contributed by atoms with Gasteiger partial charge in [0.25, 0.3) is 0 Å². The molecule has 2 nitrogen and oxygen atoms in total. The molecule has 1 N–H and O–H groups in total. The second-order valence-corrected chi connectivity index (χ2v) is 3.41. The summed E-state index contributed by atoms with van der Waals surface area (Å²) >= 11 is 0. The predicted molar refractivity (Wildman–Crippen MR) is 50.1 cm³/mol. The Morgan fingerprint density at radius 3 is 2.42 bits per heavy atom. The molecule has 0 bridgehead atoms. The van der Waals surface area contributed by atoms with Gasteiger partial charge in [-0.3, -0.25) is 0 Å². The van der Waals surface area contributed by atoms with E-state index in [-0.39, 0.29) is 0 Å². The molecule has 0 aromatic heterocycles. The highest BCUT2D eigenvalue weighted by atomic mass is 16.4. The molecule has 0 spiro atoms. The molecule has 0 aromatic carbocycles. The van der Waals surface area contributed by atoms with E-state index < -0.39 is 5.97 Å². The molecular weight excluding hydrogens is 152 g/mol. The lowest BCUT2D eigenvalue weighted by atomic mass is 10.1. The maximum Gasteiger partial charge on any atom is 0.331 e. The monoisotopic (exact) mass is 170 g/mol. The van der Waals surface area contributed by atoms with Gasteiger partial charge in [-0.15, -0.1) is 0 Å². The van der Waals surface area contributed by atoms with Crippen molar-refractivity contribution in [1.82, 2.24) is 0 Å². The first-order valence-corrected chi connectivity index (χ1v) is 4.50. The summed E-state index contributed by atoms with van der Waals surface area (Å²) in [6, 6.07) is 0. The highest BCUT2D eigenvalue weighted by Gasteiger charge is 2.04. The van der Waals surface area contributed by atoms with E-state index >= 15 is 0 Å². The Morgan fingerprint density at radius 2 is 2.08 bits per heavy atom. The number of aliphatic carboxylic acids is 1. The van der Waals surface area contributed by atoms with Crippen LogP contribution in [0.3, 0.4) is 0 Å². The van der Waals surface area contributed by atoms with Gasteiger partial charge in [-0.2, -0.15) is 0 Å². The van der Waals surface area contributed by atoms with Gasteiger partial charge in [0.2, 0.25) is 0 Å². The second-order valence-electron chi connectivity index (χ2n) is 3.41. The minimum atomic E-state index is -0.766. The first-order chi connectivity index (χ1) is 5.57. The lowest BCUT2D eigenvalue weighted by Gasteiger charge is -2.01. The molecule has 12 heavy (non-hydrogen) atoms. The molecule has 0 aliphatic rings. The molecule has 2 heteroatoms. The van der Waals surface area contributed by atoms with Crippen molar-refractivity contribution < 1.29 is 9.90 Å². The van der Waals surface area contributed by atoms with Crippen molar-refractivity contribution in [2.75, 3.05) is 0 Å². The van der Waals surface area contributed by atoms with Crippen LogP contribution in [0, 0.1) is 5.92 Å². The normalized spacial score (nSPS) is 12.2. The van der Waals surface area contributed by atoms with Crippen LogP contribution in [0.15, 0.2) is 11.6 Å². The van der Waals surface area contributed by atoms with Gasteiger partial charge >= 0.3 is 5.97 Å². The van der Waals surface area contributed by atoms with Gasteiger partial charge in [0.1, 0.15) is 0 Å². The molecule has 0 aliphatic carbocycles. The summed E-state index contributed by atoms with van der Waals surface area (Å²) in [5.74, 6) is -0.228. The lowest BCUT2D eigenvalue weighted by molar-refractivity contribution is -0.132. The zero-order valence-electron chi connectivity index (χ0n) is 8.13. The summed E-state index contributed by atoms with van der Waals surface area (Å²) < 4.78 is 0. The Labute approximate surface area is 74.3 Å². The van der Waals surface area contributed by atoms with Crippen molar-refractivity contribution >= 4 is 5.97 Å². The molecule has 0 saturated heterocycles. The third-order valence-electron chi connectivity index (χ3n) is 1.63. The highest BCUT2D eigenvalue weighted by Crippen LogP contribution is 2.09. The van der Waals surface area contributed by atoms with Crippen molar-refractivity contribution in [3.05, 3.63) is 11.6 Å². The summed E-state index contributed by atoms with van der Waals surface area (Å²) in [5.41, 5.74) is 0.561. The summed E-state index contributed by atoms with van der Waals surface area (Å²) in [5, 5.41) is 8.75. The average Bonchev–Trinajstić information content (AvgIpc) is 1.96. The summed E-state index contributed by atoms with van der Waals surface area (Å²) in [4.78, 5) is 10.6. The quantitative estimate of drug-likeness (QED) is 0.644. The first kappa shape index (κ1) is 11.2. The fraction of sp³-hybridized carbons (Fsp3) is 0.700. The molecule has 0 fully saturated rings. The van der Waals surface area contributed by atoms with Gasteiger partial charge < -0.3 is 5.11 Å². The van der Waals surface area contributed by atoms with E-state index in [1.807, 2.05) is 13.0 Å². The van der Waals surface area contributed by atoms with Crippen molar-refractivity contribution in [2.24, 2.45) is 5.92 Å². The molecule has 0 heterocycles. The van der Waals surface area contributed by atoms with Gasteiger partial charge in [-0.05, 0) is 18.8 Å². The number of allylic oxidation sites excluding steroid dienone is 1. The van der Waals surface area contributed by atoms with Crippen molar-refractivity contribution in [3.8, 4) is 0 Å². The molecule has 70 valence electrons. The smallest absolute Gasteiger partial charge is 0.331 e. The fourth-order valence-corrected chi connectivity index (χ4v) is 0.944. The molecule has 0 rings (SSSR count). The zero-order chi connectivity index (χ0) is 9.56. The van der Waals surface area contributed by atoms with E-state index in [2.05, 4.69) is 13.8 Å². The number of hydrogen-bond acceptors (Lipinski definition) is 1. The van der Waals surface area contributed by atoms with E-state index in [0.29, 0.717) is 17.9 Å². The second kappa shape index (κ2) is 5.81. The number of carboxylic acids is 1. The predicted octanol–water partition coefficient (Wildman–Crippen LogP) is 2.84. The van der Waals surface area contributed by atoms with Crippen LogP contribution < -0.4 is 0 Å². The van der Waals surface area contributed by atoms with Gasteiger partial charge in [0.15, 0.2) is 0 Å². The van der Waals surface area contributed by atoms with Crippen LogP contribution in [0.2, 0.25) is 0 Å². The molecule has 0 unspecified atom stereocenters. The van der Waals surface area contributed by atoms with Crippen molar-refractivity contribution in [3.63, 3.8) is 0 Å². The Kier molecular flexibility index (Phi) is 5.43. The van der Waals surface area contributed by atoms with E-state index in [4.69, 9.17) is 5.11 Å². The number of carbonyl (C=O) groups is 1. The SMILES string of the molecule is CCC/C(=C\CC(C)C)C(=O)O. The van der Waals surface area contributed by atoms with Gasteiger partial charge in [0, 0.05) is 5.57 Å². The van der Waals surface area contributed by atoms with Crippen LogP contribution in [-0.4, -0.2) is 11.1 Å². The van der Waals surface area contributed by atoms with Gasteiger partial charge in [-0.25, -0.2) is 4.79 Å². The van der Waals surface area contributed by atoms with Crippen molar-refractivity contribution in [2.45, 2.75) is 40.0 Å². The van der Waals surface area contributed by atoms with Gasteiger partial charge in [-0.1, -0.05) is 33.3 Å². The van der Waals surface area contributed by atoms with E-state index in [0.717, 1.165) is 12.8 Å². The number of carboxylic acid groups (broad SMARTS) is 1. The first-order valence-electron chi connectivity index (χ1n) is 4.50. The zero-order valence-corrected chi connectivity index (χ0v) is 8.13. The number of hydrogen-bond donors (Lipinski definition) is 1.